The monoisotopic (exact) mass is 427 g/mol. The molecule has 0 aromatic heterocycles. The van der Waals surface area contributed by atoms with E-state index in [9.17, 15) is 29.7 Å². The molecule has 7 nitrogen and oxygen atoms in total. The summed E-state index contributed by atoms with van der Waals surface area (Å²) in [5.41, 5.74) is 0. The fraction of sp³-hybridized carbons (Fsp3) is 0.783. The molecule has 2 N–H and O–H groups in total. The first-order valence-corrected chi connectivity index (χ1v) is 11.3. The number of rotatable bonds is 19. The van der Waals surface area contributed by atoms with E-state index in [0.29, 0.717) is 6.42 Å². The quantitative estimate of drug-likeness (QED) is 0.186. The Bertz CT molecular complexity index is 498. The maximum atomic E-state index is 11.7. The predicted octanol–water partition coefficient (Wildman–Crippen LogP) is 3.36. The summed E-state index contributed by atoms with van der Waals surface area (Å²) in [6, 6.07) is -3.56. The average Bonchev–Trinajstić information content (AvgIpc) is 2.70. The molecule has 0 bridgehead atoms. The van der Waals surface area contributed by atoms with E-state index >= 15 is 0 Å². The highest BCUT2D eigenvalue weighted by atomic mass is 16.4. The molecule has 174 valence electrons. The maximum absolute atomic E-state index is 11.7. The molecule has 0 amide bonds. The molecule has 0 radical (unpaired) electrons. The Labute approximate surface area is 181 Å². The fourth-order valence-corrected chi connectivity index (χ4v) is 4.28. The Balaban J connectivity index is 4.66. The van der Waals surface area contributed by atoms with Gasteiger partial charge in [-0.2, -0.15) is 0 Å². The number of carbonyl (C=O) groups is 3. The van der Waals surface area contributed by atoms with Crippen LogP contribution in [0.4, 0.5) is 0 Å². The Morgan fingerprint density at radius 2 is 1.13 bits per heavy atom. The molecule has 0 aliphatic rings. The highest BCUT2D eigenvalue weighted by Crippen LogP contribution is 2.27. The SMILES string of the molecule is C=CCCCCCCCCCCCC[N+](C(C)C(=O)[O-])(C(C)C(=O)O)C(C)C(=O)O. The Morgan fingerprint density at radius 3 is 1.47 bits per heavy atom. The van der Waals surface area contributed by atoms with Crippen molar-refractivity contribution in [3.63, 3.8) is 0 Å². The Morgan fingerprint density at radius 1 is 0.767 bits per heavy atom. The van der Waals surface area contributed by atoms with Crippen molar-refractivity contribution >= 4 is 17.9 Å². The third-order valence-corrected chi connectivity index (χ3v) is 6.42. The van der Waals surface area contributed by atoms with E-state index in [2.05, 4.69) is 6.58 Å². The molecule has 0 aromatic rings. The molecule has 3 atom stereocenters. The first kappa shape index (κ1) is 28.1. The van der Waals surface area contributed by atoms with E-state index in [1.54, 1.807) is 0 Å². The summed E-state index contributed by atoms with van der Waals surface area (Å²) in [7, 11) is 0. The van der Waals surface area contributed by atoms with Crippen molar-refractivity contribution < 1.29 is 34.2 Å². The van der Waals surface area contributed by atoms with Crippen molar-refractivity contribution in [2.75, 3.05) is 6.54 Å². The van der Waals surface area contributed by atoms with Crippen molar-refractivity contribution in [3.8, 4) is 0 Å². The van der Waals surface area contributed by atoms with Crippen LogP contribution in [0.5, 0.6) is 0 Å². The summed E-state index contributed by atoms with van der Waals surface area (Å²) in [5, 5.41) is 30.7. The van der Waals surface area contributed by atoms with Crippen molar-refractivity contribution in [3.05, 3.63) is 12.7 Å². The lowest BCUT2D eigenvalue weighted by Crippen LogP contribution is -2.72. The van der Waals surface area contributed by atoms with Crippen LogP contribution in [0.2, 0.25) is 0 Å². The molecule has 0 rings (SSSR count). The van der Waals surface area contributed by atoms with Gasteiger partial charge in [0.2, 0.25) is 0 Å². The Hall–Kier alpha value is -1.89. The van der Waals surface area contributed by atoms with Gasteiger partial charge in [0.1, 0.15) is 6.04 Å². The fourth-order valence-electron chi connectivity index (χ4n) is 4.28. The zero-order valence-electron chi connectivity index (χ0n) is 19.0. The summed E-state index contributed by atoms with van der Waals surface area (Å²) >= 11 is 0. The molecule has 3 unspecified atom stereocenters. The van der Waals surface area contributed by atoms with Gasteiger partial charge in [-0.1, -0.05) is 51.0 Å². The van der Waals surface area contributed by atoms with Crippen LogP contribution >= 0.6 is 0 Å². The lowest BCUT2D eigenvalue weighted by atomic mass is 10.00. The topological polar surface area (TPSA) is 115 Å². The van der Waals surface area contributed by atoms with E-state index in [1.165, 1.54) is 52.9 Å². The van der Waals surface area contributed by atoms with Crippen molar-refractivity contribution in [2.45, 2.75) is 110 Å². The molecule has 30 heavy (non-hydrogen) atoms. The zero-order valence-corrected chi connectivity index (χ0v) is 19.0. The van der Waals surface area contributed by atoms with Gasteiger partial charge in [0.15, 0.2) is 12.1 Å². The lowest BCUT2D eigenvalue weighted by Gasteiger charge is -2.49. The summed E-state index contributed by atoms with van der Waals surface area (Å²) in [6.07, 6.45) is 13.7. The minimum absolute atomic E-state index is 0.180. The largest absolute Gasteiger partial charge is 0.544 e. The van der Waals surface area contributed by atoms with Gasteiger partial charge in [0.05, 0.1) is 12.5 Å². The van der Waals surface area contributed by atoms with Gasteiger partial charge in [0.25, 0.3) is 0 Å². The van der Waals surface area contributed by atoms with Gasteiger partial charge >= 0.3 is 11.9 Å². The molecular weight excluding hydrogens is 386 g/mol. The lowest BCUT2D eigenvalue weighted by molar-refractivity contribution is -0.969. The number of carboxylic acids is 3. The molecule has 0 fully saturated rings. The van der Waals surface area contributed by atoms with Crippen LogP contribution < -0.4 is 5.11 Å². The standard InChI is InChI=1S/C23H41NO6/c1-5-6-7-8-9-10-11-12-13-14-15-16-17-24(18(2)21(25)26,19(3)22(27)28)20(4)23(29)30/h5,18-20H,1,6-17H2,2-4H3,(H2-,25,26,27,28,29,30). The van der Waals surface area contributed by atoms with E-state index in [1.807, 2.05) is 6.08 Å². The second-order valence-electron chi connectivity index (χ2n) is 8.35. The summed E-state index contributed by atoms with van der Waals surface area (Å²) in [5.74, 6) is -3.84. The molecule has 7 heteroatoms. The van der Waals surface area contributed by atoms with Crippen LogP contribution in [0.25, 0.3) is 0 Å². The molecule has 0 aliphatic carbocycles. The number of carbonyl (C=O) groups excluding carboxylic acids is 1. The first-order chi connectivity index (χ1) is 14.1. The molecule has 0 spiro atoms. The van der Waals surface area contributed by atoms with Crippen LogP contribution in [0.15, 0.2) is 12.7 Å². The van der Waals surface area contributed by atoms with Gasteiger partial charge in [-0.3, -0.25) is 4.48 Å². The average molecular weight is 428 g/mol. The van der Waals surface area contributed by atoms with Crippen molar-refractivity contribution in [1.29, 1.82) is 0 Å². The number of hydrogen-bond acceptors (Lipinski definition) is 4. The first-order valence-electron chi connectivity index (χ1n) is 11.3. The number of nitrogens with zero attached hydrogens (tertiary/aromatic N) is 1. The Kier molecular flexibility index (Phi) is 14.0. The van der Waals surface area contributed by atoms with Gasteiger partial charge in [-0.25, -0.2) is 9.59 Å². The van der Waals surface area contributed by atoms with Gasteiger partial charge in [0, 0.05) is 0 Å². The minimum atomic E-state index is -1.43. The third kappa shape index (κ3) is 8.86. The second kappa shape index (κ2) is 15.0. The van der Waals surface area contributed by atoms with Gasteiger partial charge in [-0.05, 0) is 46.5 Å². The molecule has 0 saturated carbocycles. The molecule has 0 aromatic carbocycles. The molecule has 0 saturated heterocycles. The second-order valence-corrected chi connectivity index (χ2v) is 8.35. The molecular formula is C23H41NO6. The van der Waals surface area contributed by atoms with Crippen molar-refractivity contribution in [1.82, 2.24) is 0 Å². The minimum Gasteiger partial charge on any atom is -0.544 e. The number of aliphatic carboxylic acids is 3. The normalized spacial score (nSPS) is 16.2. The van der Waals surface area contributed by atoms with Crippen LogP contribution in [-0.2, 0) is 14.4 Å². The van der Waals surface area contributed by atoms with Crippen LogP contribution in [0.1, 0.15) is 91.4 Å². The van der Waals surface area contributed by atoms with Crippen molar-refractivity contribution in [2.24, 2.45) is 0 Å². The third-order valence-electron chi connectivity index (χ3n) is 6.42. The van der Waals surface area contributed by atoms with Crippen LogP contribution in [0, 0.1) is 0 Å². The summed E-state index contributed by atoms with van der Waals surface area (Å²) < 4.78 is -0.544. The number of carboxylic acid groups (broad SMARTS) is 3. The number of quaternary nitrogens is 1. The van der Waals surface area contributed by atoms with Crippen LogP contribution in [0.3, 0.4) is 0 Å². The van der Waals surface area contributed by atoms with E-state index in [-0.39, 0.29) is 6.54 Å². The number of unbranched alkanes of at least 4 members (excludes halogenated alkanes) is 10. The predicted molar refractivity (Wildman–Crippen MR) is 115 cm³/mol. The summed E-state index contributed by atoms with van der Waals surface area (Å²) in [4.78, 5) is 35.0. The molecule has 0 heterocycles. The maximum Gasteiger partial charge on any atom is 0.362 e. The highest BCUT2D eigenvalue weighted by molar-refractivity contribution is 5.76. The van der Waals surface area contributed by atoms with E-state index < -0.39 is 40.5 Å². The van der Waals surface area contributed by atoms with E-state index in [0.717, 1.165) is 32.1 Å². The van der Waals surface area contributed by atoms with Gasteiger partial charge in [-0.15, -0.1) is 6.58 Å². The molecule has 0 aliphatic heterocycles. The summed E-state index contributed by atoms with van der Waals surface area (Å²) in [6.45, 7) is 8.02. The smallest absolute Gasteiger partial charge is 0.362 e. The van der Waals surface area contributed by atoms with E-state index in [4.69, 9.17) is 0 Å². The van der Waals surface area contributed by atoms with Gasteiger partial charge < -0.3 is 20.1 Å². The highest BCUT2D eigenvalue weighted by Gasteiger charge is 2.50. The zero-order chi connectivity index (χ0) is 23.2. The number of allylic oxidation sites excluding steroid dienone is 1. The number of hydrogen-bond donors (Lipinski definition) is 2. The van der Waals surface area contributed by atoms with Crippen LogP contribution in [-0.4, -0.2) is 57.3 Å².